The fourth-order valence-electron chi connectivity index (χ4n) is 4.04. The first kappa shape index (κ1) is 24.4. The van der Waals surface area contributed by atoms with E-state index in [1.54, 1.807) is 18.4 Å². The van der Waals surface area contributed by atoms with E-state index in [9.17, 15) is 4.79 Å². The maximum absolute atomic E-state index is 12.5. The van der Waals surface area contributed by atoms with Gasteiger partial charge in [-0.25, -0.2) is 0 Å². The molecule has 29 heavy (non-hydrogen) atoms. The number of guanidine groups is 1. The Labute approximate surface area is 196 Å². The van der Waals surface area contributed by atoms with Crippen LogP contribution in [0.4, 0.5) is 0 Å². The number of likely N-dealkylation sites (tertiary alicyclic amines) is 1. The molecular formula is C21H36IN5OS. The molecule has 2 aliphatic rings. The van der Waals surface area contributed by atoms with Gasteiger partial charge >= 0.3 is 0 Å². The van der Waals surface area contributed by atoms with Gasteiger partial charge in [-0.1, -0.05) is 6.42 Å². The number of nitrogens with zero attached hydrogens (tertiary/aromatic N) is 3. The molecule has 6 nitrogen and oxygen atoms in total. The van der Waals surface area contributed by atoms with Crippen LogP contribution in [0, 0.1) is 0 Å². The highest BCUT2D eigenvalue weighted by Gasteiger charge is 2.28. The normalized spacial score (nSPS) is 18.0. The number of hydrogen-bond acceptors (Lipinski definition) is 4. The second-order valence-electron chi connectivity index (χ2n) is 8.40. The number of carbonyl (C=O) groups is 1. The van der Waals surface area contributed by atoms with Crippen LogP contribution in [0.3, 0.4) is 0 Å². The number of piperidine rings is 1. The molecule has 0 saturated carbocycles. The monoisotopic (exact) mass is 533 g/mol. The van der Waals surface area contributed by atoms with Crippen LogP contribution in [0.2, 0.25) is 0 Å². The summed E-state index contributed by atoms with van der Waals surface area (Å²) in [5.41, 5.74) is 1.41. The molecule has 1 fully saturated rings. The summed E-state index contributed by atoms with van der Waals surface area (Å²) >= 11 is 1.80. The van der Waals surface area contributed by atoms with Crippen molar-refractivity contribution < 1.29 is 4.79 Å². The average molecular weight is 534 g/mol. The molecule has 164 valence electrons. The Morgan fingerprint density at radius 1 is 1.21 bits per heavy atom. The lowest BCUT2D eigenvalue weighted by atomic mass is 9.98. The van der Waals surface area contributed by atoms with Crippen LogP contribution in [0.25, 0.3) is 0 Å². The molecule has 0 radical (unpaired) electrons. The average Bonchev–Trinajstić information content (AvgIpc) is 3.19. The number of aliphatic imine (C=N–C) groups is 1. The number of thiophene rings is 1. The Balaban J connectivity index is 0.00000300. The Morgan fingerprint density at radius 2 is 1.97 bits per heavy atom. The molecule has 8 heteroatoms. The van der Waals surface area contributed by atoms with Gasteiger partial charge < -0.3 is 15.5 Å². The van der Waals surface area contributed by atoms with Crippen molar-refractivity contribution in [1.82, 2.24) is 20.4 Å². The summed E-state index contributed by atoms with van der Waals surface area (Å²) in [7, 11) is 1.79. The quantitative estimate of drug-likeness (QED) is 0.336. The van der Waals surface area contributed by atoms with E-state index in [1.165, 1.54) is 42.8 Å². The third kappa shape index (κ3) is 6.82. The number of hydrogen-bond donors (Lipinski definition) is 2. The molecule has 1 amide bonds. The molecule has 0 atom stereocenters. The number of amides is 1. The SMILES string of the molecule is CN=C(NCCC(=O)N1CCc2sccc2C1)NCC(C)(C)N1CCCCC1.I. The molecule has 0 aliphatic carbocycles. The topological polar surface area (TPSA) is 60.0 Å². The minimum Gasteiger partial charge on any atom is -0.356 e. The van der Waals surface area contributed by atoms with E-state index in [4.69, 9.17) is 0 Å². The zero-order valence-electron chi connectivity index (χ0n) is 18.0. The number of nitrogens with one attached hydrogen (secondary N) is 2. The zero-order chi connectivity index (χ0) is 20.0. The first-order chi connectivity index (χ1) is 13.5. The van der Waals surface area contributed by atoms with Crippen molar-refractivity contribution in [2.75, 3.05) is 39.8 Å². The van der Waals surface area contributed by atoms with Crippen LogP contribution in [0.5, 0.6) is 0 Å². The Bertz CT molecular complexity index is 684. The molecule has 2 aliphatic heterocycles. The molecule has 1 aromatic rings. The standard InChI is InChI=1S/C21H35N5OS.HI/c1-21(2,26-11-5-4-6-12-26)16-24-20(22-3)23-10-7-19(27)25-13-8-18-17(15-25)9-14-28-18;/h9,14H,4-8,10-13,15-16H2,1-3H3,(H2,22,23,24);1H. The van der Waals surface area contributed by atoms with Crippen molar-refractivity contribution in [2.45, 2.75) is 58.0 Å². The lowest BCUT2D eigenvalue weighted by Crippen LogP contribution is -2.55. The van der Waals surface area contributed by atoms with E-state index < -0.39 is 0 Å². The van der Waals surface area contributed by atoms with Gasteiger partial charge in [0.1, 0.15) is 0 Å². The summed E-state index contributed by atoms with van der Waals surface area (Å²) < 4.78 is 0. The van der Waals surface area contributed by atoms with Gasteiger partial charge in [0.15, 0.2) is 5.96 Å². The maximum atomic E-state index is 12.5. The van der Waals surface area contributed by atoms with Crippen LogP contribution in [0.1, 0.15) is 50.0 Å². The van der Waals surface area contributed by atoms with E-state index in [2.05, 4.69) is 45.8 Å². The summed E-state index contributed by atoms with van der Waals surface area (Å²) in [6.07, 6.45) is 5.42. The van der Waals surface area contributed by atoms with Gasteiger partial charge in [0.25, 0.3) is 0 Å². The van der Waals surface area contributed by atoms with Crippen LogP contribution in [-0.2, 0) is 17.8 Å². The lowest BCUT2D eigenvalue weighted by Gasteiger charge is -2.41. The van der Waals surface area contributed by atoms with Crippen LogP contribution in [0.15, 0.2) is 16.4 Å². The van der Waals surface area contributed by atoms with Gasteiger partial charge in [-0.3, -0.25) is 14.7 Å². The van der Waals surface area contributed by atoms with E-state index in [1.807, 2.05) is 4.90 Å². The predicted molar refractivity (Wildman–Crippen MR) is 132 cm³/mol. The van der Waals surface area contributed by atoms with Crippen LogP contribution < -0.4 is 10.6 Å². The van der Waals surface area contributed by atoms with Crippen molar-refractivity contribution in [3.63, 3.8) is 0 Å². The van der Waals surface area contributed by atoms with Gasteiger partial charge in [0.2, 0.25) is 5.91 Å². The minimum absolute atomic E-state index is 0. The smallest absolute Gasteiger partial charge is 0.224 e. The highest BCUT2D eigenvalue weighted by molar-refractivity contribution is 14.0. The van der Waals surface area contributed by atoms with Crippen LogP contribution in [-0.4, -0.2) is 67.0 Å². The first-order valence-electron chi connectivity index (χ1n) is 10.5. The summed E-state index contributed by atoms with van der Waals surface area (Å²) in [6, 6.07) is 2.15. The molecule has 2 N–H and O–H groups in total. The van der Waals surface area contributed by atoms with Gasteiger partial charge in [0.05, 0.1) is 0 Å². The highest BCUT2D eigenvalue weighted by atomic mass is 127. The fraction of sp³-hybridized carbons (Fsp3) is 0.714. The van der Waals surface area contributed by atoms with E-state index in [0.717, 1.165) is 32.0 Å². The van der Waals surface area contributed by atoms with E-state index in [-0.39, 0.29) is 35.4 Å². The molecule has 3 rings (SSSR count). The Hall–Kier alpha value is -0.870. The number of carbonyl (C=O) groups excluding carboxylic acids is 1. The maximum Gasteiger partial charge on any atom is 0.224 e. The zero-order valence-corrected chi connectivity index (χ0v) is 21.1. The largest absolute Gasteiger partial charge is 0.356 e. The number of rotatable bonds is 6. The number of fused-ring (bicyclic) bond motifs is 1. The van der Waals surface area contributed by atoms with Gasteiger partial charge in [-0.05, 0) is 63.2 Å². The molecule has 0 bridgehead atoms. The summed E-state index contributed by atoms with van der Waals surface area (Å²) in [6.45, 7) is 9.98. The van der Waals surface area contributed by atoms with Crippen molar-refractivity contribution in [1.29, 1.82) is 0 Å². The molecule has 0 aromatic carbocycles. The Morgan fingerprint density at radius 3 is 2.69 bits per heavy atom. The minimum atomic E-state index is 0. The second kappa shape index (κ2) is 11.5. The molecule has 3 heterocycles. The number of halogens is 1. The van der Waals surface area contributed by atoms with E-state index >= 15 is 0 Å². The molecule has 0 unspecified atom stereocenters. The highest BCUT2D eigenvalue weighted by Crippen LogP contribution is 2.24. The summed E-state index contributed by atoms with van der Waals surface area (Å²) in [5, 5.41) is 8.87. The first-order valence-corrected chi connectivity index (χ1v) is 11.4. The lowest BCUT2D eigenvalue weighted by molar-refractivity contribution is -0.131. The van der Waals surface area contributed by atoms with Crippen molar-refractivity contribution >= 4 is 47.2 Å². The third-order valence-electron chi connectivity index (χ3n) is 5.92. The molecule has 1 aromatic heterocycles. The van der Waals surface area contributed by atoms with Crippen molar-refractivity contribution in [3.05, 3.63) is 21.9 Å². The molecular weight excluding hydrogens is 497 g/mol. The fourth-order valence-corrected chi connectivity index (χ4v) is 4.93. The molecule has 0 spiro atoms. The Kier molecular flexibility index (Phi) is 9.68. The van der Waals surface area contributed by atoms with Gasteiger partial charge in [-0.2, -0.15) is 0 Å². The summed E-state index contributed by atoms with van der Waals surface area (Å²) in [4.78, 5) is 22.8. The van der Waals surface area contributed by atoms with Crippen molar-refractivity contribution in [2.24, 2.45) is 4.99 Å². The molecule has 1 saturated heterocycles. The van der Waals surface area contributed by atoms with E-state index in [0.29, 0.717) is 13.0 Å². The van der Waals surface area contributed by atoms with Crippen LogP contribution >= 0.6 is 35.3 Å². The van der Waals surface area contributed by atoms with Gasteiger partial charge in [0, 0.05) is 50.1 Å². The summed E-state index contributed by atoms with van der Waals surface area (Å²) in [5.74, 6) is 0.991. The van der Waals surface area contributed by atoms with Gasteiger partial charge in [-0.15, -0.1) is 35.3 Å². The van der Waals surface area contributed by atoms with Crippen molar-refractivity contribution in [3.8, 4) is 0 Å². The second-order valence-corrected chi connectivity index (χ2v) is 9.40. The third-order valence-corrected chi connectivity index (χ3v) is 6.94. The predicted octanol–water partition coefficient (Wildman–Crippen LogP) is 3.07.